The van der Waals surface area contributed by atoms with Crippen LogP contribution in [0.1, 0.15) is 12.8 Å². The van der Waals surface area contributed by atoms with Gasteiger partial charge in [-0.1, -0.05) is 12.1 Å². The Morgan fingerprint density at radius 1 is 1.06 bits per heavy atom. The third-order valence-electron chi connectivity index (χ3n) is 6.22. The normalized spacial score (nSPS) is 21.1. The molecular formula is C21H25FN4O5S. The number of halogens is 1. The molecule has 1 aromatic carbocycles. The molecule has 2 aliphatic rings. The van der Waals surface area contributed by atoms with Crippen LogP contribution in [0.4, 0.5) is 10.3 Å². The molecule has 2 atom stereocenters. The van der Waals surface area contributed by atoms with Crippen LogP contribution in [0.5, 0.6) is 0 Å². The Morgan fingerprint density at radius 3 is 2.19 bits per heavy atom. The van der Waals surface area contributed by atoms with Crippen molar-refractivity contribution in [3.63, 3.8) is 0 Å². The predicted molar refractivity (Wildman–Crippen MR) is 116 cm³/mol. The monoisotopic (exact) mass is 464 g/mol. The number of carboxylic acid groups (broad SMARTS) is 1. The lowest BCUT2D eigenvalue weighted by molar-refractivity contribution is -0.158. The molecule has 2 aliphatic heterocycles. The fraction of sp³-hybridized carbons (Fsp3) is 0.476. The number of anilines is 1. The molecule has 172 valence electrons. The highest BCUT2D eigenvalue weighted by molar-refractivity contribution is 7.79. The number of hydrogen-bond donors (Lipinski definition) is 2. The fourth-order valence-electron chi connectivity index (χ4n) is 4.40. The van der Waals surface area contributed by atoms with E-state index in [-0.39, 0.29) is 31.9 Å². The fourth-order valence-corrected chi connectivity index (χ4v) is 5.59. The smallest absolute Gasteiger partial charge is 0.312 e. The van der Waals surface area contributed by atoms with Gasteiger partial charge in [0.25, 0.3) is 0 Å². The molecule has 2 saturated heterocycles. The van der Waals surface area contributed by atoms with Crippen molar-refractivity contribution in [3.05, 3.63) is 42.5 Å². The van der Waals surface area contributed by atoms with E-state index >= 15 is 0 Å². The van der Waals surface area contributed by atoms with Gasteiger partial charge in [0.1, 0.15) is 16.6 Å². The molecule has 4 rings (SSSR count). The molecule has 2 unspecified atom stereocenters. The molecule has 9 nitrogen and oxygen atoms in total. The average Bonchev–Trinajstić information content (AvgIpc) is 2.81. The van der Waals surface area contributed by atoms with E-state index in [1.165, 1.54) is 12.1 Å². The van der Waals surface area contributed by atoms with Crippen molar-refractivity contribution in [3.8, 4) is 11.1 Å². The van der Waals surface area contributed by atoms with Gasteiger partial charge in [0.15, 0.2) is 11.1 Å². The molecule has 11 heteroatoms. The van der Waals surface area contributed by atoms with E-state index in [0.29, 0.717) is 32.1 Å². The Morgan fingerprint density at radius 2 is 1.66 bits per heavy atom. The van der Waals surface area contributed by atoms with Crippen molar-refractivity contribution in [2.24, 2.45) is 5.41 Å². The summed E-state index contributed by atoms with van der Waals surface area (Å²) >= 11 is -2.33. The van der Waals surface area contributed by atoms with E-state index in [1.807, 2.05) is 4.90 Å². The maximum atomic E-state index is 13.1. The topological polar surface area (TPSA) is 116 Å². The minimum absolute atomic E-state index is 0.202. The second-order valence-corrected chi connectivity index (χ2v) is 9.00. The zero-order valence-corrected chi connectivity index (χ0v) is 18.2. The molecule has 2 N–H and O–H groups in total. The van der Waals surface area contributed by atoms with E-state index in [4.69, 9.17) is 4.74 Å². The first kappa shape index (κ1) is 22.7. The summed E-state index contributed by atoms with van der Waals surface area (Å²) in [4.78, 5) is 24.7. The molecule has 2 fully saturated rings. The molecule has 2 aromatic rings. The Bertz CT molecular complexity index is 961. The summed E-state index contributed by atoms with van der Waals surface area (Å²) in [5.41, 5.74) is 0.269. The number of aromatic nitrogens is 2. The number of ether oxygens (including phenoxy) is 1. The summed E-state index contributed by atoms with van der Waals surface area (Å²) in [6.45, 7) is 2.33. The molecule has 0 bridgehead atoms. The predicted octanol–water partition coefficient (Wildman–Crippen LogP) is 1.83. The average molecular weight is 465 g/mol. The third kappa shape index (κ3) is 4.51. The summed E-state index contributed by atoms with van der Waals surface area (Å²) < 4.78 is 40.7. The third-order valence-corrected chi connectivity index (χ3v) is 7.35. The minimum atomic E-state index is -2.33. The number of carbonyl (C=O) groups is 1. The number of carboxylic acids is 1. The maximum absolute atomic E-state index is 13.1. The standard InChI is InChI=1S/C21H25FN4O5S/c22-17-3-1-15(2-4-17)16-13-23-20(24-14-16)26-9-7-25(8-10-26)18(32(29)30)21(19(27)28)5-11-31-12-6-21/h1-4,13-14,18H,5-12H2,(H,27,28)(H,29,30). The highest BCUT2D eigenvalue weighted by atomic mass is 32.2. The van der Waals surface area contributed by atoms with Crippen LogP contribution < -0.4 is 4.90 Å². The van der Waals surface area contributed by atoms with Crippen molar-refractivity contribution >= 4 is 23.0 Å². The number of nitrogens with zero attached hydrogens (tertiary/aromatic N) is 4. The molecular weight excluding hydrogens is 439 g/mol. The van der Waals surface area contributed by atoms with Crippen LogP contribution in [0.15, 0.2) is 36.7 Å². The second-order valence-electron chi connectivity index (χ2n) is 8.00. The van der Waals surface area contributed by atoms with Gasteiger partial charge < -0.3 is 19.3 Å². The van der Waals surface area contributed by atoms with Gasteiger partial charge in [-0.25, -0.2) is 18.6 Å². The number of benzene rings is 1. The molecule has 1 aromatic heterocycles. The number of rotatable bonds is 6. The Balaban J connectivity index is 1.45. The first-order chi connectivity index (χ1) is 15.4. The summed E-state index contributed by atoms with van der Waals surface area (Å²) in [5.74, 6) is -0.844. The second kappa shape index (κ2) is 9.57. The van der Waals surface area contributed by atoms with Crippen molar-refractivity contribution in [2.45, 2.75) is 18.2 Å². The lowest BCUT2D eigenvalue weighted by Crippen LogP contribution is -2.60. The van der Waals surface area contributed by atoms with Gasteiger partial charge in [0.2, 0.25) is 5.95 Å². The number of hydrogen-bond acceptors (Lipinski definition) is 7. The highest BCUT2D eigenvalue weighted by Gasteiger charge is 2.52. The minimum Gasteiger partial charge on any atom is -0.481 e. The van der Waals surface area contributed by atoms with Gasteiger partial charge in [0.05, 0.1) is 0 Å². The van der Waals surface area contributed by atoms with Crippen molar-refractivity contribution in [1.29, 1.82) is 0 Å². The van der Waals surface area contributed by atoms with Crippen LogP contribution in [0.25, 0.3) is 11.1 Å². The molecule has 0 saturated carbocycles. The van der Waals surface area contributed by atoms with Crippen molar-refractivity contribution < 1.29 is 27.8 Å². The lowest BCUT2D eigenvalue weighted by atomic mass is 9.79. The Kier molecular flexibility index (Phi) is 6.79. The SMILES string of the molecule is O=C(O)C1(C(N2CCN(c3ncc(-c4ccc(F)cc4)cn3)CC2)S(=O)O)CCOCC1. The van der Waals surface area contributed by atoms with Crippen LogP contribution in [0, 0.1) is 11.2 Å². The van der Waals surface area contributed by atoms with E-state index in [1.54, 1.807) is 29.4 Å². The maximum Gasteiger partial charge on any atom is 0.312 e. The molecule has 32 heavy (non-hydrogen) atoms. The van der Waals surface area contributed by atoms with E-state index in [0.717, 1.165) is 11.1 Å². The van der Waals surface area contributed by atoms with Gasteiger partial charge in [-0.15, -0.1) is 0 Å². The largest absolute Gasteiger partial charge is 0.481 e. The number of aliphatic carboxylic acids is 1. The van der Waals surface area contributed by atoms with Gasteiger partial charge in [-0.3, -0.25) is 9.69 Å². The molecule has 0 amide bonds. The van der Waals surface area contributed by atoms with Gasteiger partial charge in [-0.2, -0.15) is 0 Å². The first-order valence-corrected chi connectivity index (χ1v) is 11.6. The van der Waals surface area contributed by atoms with Crippen LogP contribution in [-0.2, 0) is 20.6 Å². The van der Waals surface area contributed by atoms with Crippen LogP contribution in [0.2, 0.25) is 0 Å². The molecule has 3 heterocycles. The van der Waals surface area contributed by atoms with Crippen LogP contribution in [0.3, 0.4) is 0 Å². The summed E-state index contributed by atoms with van der Waals surface area (Å²) in [7, 11) is 0. The molecule has 0 radical (unpaired) electrons. The van der Waals surface area contributed by atoms with Crippen molar-refractivity contribution in [1.82, 2.24) is 14.9 Å². The lowest BCUT2D eigenvalue weighted by Gasteiger charge is -2.46. The van der Waals surface area contributed by atoms with E-state index in [9.17, 15) is 23.1 Å². The van der Waals surface area contributed by atoms with E-state index in [2.05, 4.69) is 9.97 Å². The highest BCUT2D eigenvalue weighted by Crippen LogP contribution is 2.39. The Labute approximate surface area is 187 Å². The molecule has 0 spiro atoms. The van der Waals surface area contributed by atoms with Crippen molar-refractivity contribution in [2.75, 3.05) is 44.3 Å². The van der Waals surface area contributed by atoms with E-state index < -0.39 is 27.8 Å². The Hall–Kier alpha value is -2.47. The zero-order valence-electron chi connectivity index (χ0n) is 17.4. The first-order valence-electron chi connectivity index (χ1n) is 10.4. The van der Waals surface area contributed by atoms with Gasteiger partial charge in [0, 0.05) is 57.3 Å². The summed E-state index contributed by atoms with van der Waals surface area (Å²) in [6.07, 6.45) is 3.75. The van der Waals surface area contributed by atoms with Crippen LogP contribution in [-0.4, -0.2) is 79.5 Å². The molecule has 0 aliphatic carbocycles. The zero-order chi connectivity index (χ0) is 22.7. The van der Waals surface area contributed by atoms with Gasteiger partial charge in [-0.05, 0) is 30.5 Å². The summed E-state index contributed by atoms with van der Waals surface area (Å²) in [6, 6.07) is 6.09. The number of piperazine rings is 1. The van der Waals surface area contributed by atoms with Gasteiger partial charge >= 0.3 is 5.97 Å². The van der Waals surface area contributed by atoms with Crippen LogP contribution >= 0.6 is 0 Å². The summed E-state index contributed by atoms with van der Waals surface area (Å²) in [5, 5.41) is 8.92. The quantitative estimate of drug-likeness (QED) is 0.618.